The molecule has 2 unspecified atom stereocenters. The molecule has 2 aliphatic carbocycles. The zero-order chi connectivity index (χ0) is 16.4. The number of carbonyl (C=O) groups excluding carboxylic acids is 1. The van der Waals surface area contributed by atoms with Crippen molar-refractivity contribution in [2.75, 3.05) is 13.2 Å². The van der Waals surface area contributed by atoms with Gasteiger partial charge >= 0.3 is 5.97 Å². The number of nitrogens with zero attached hydrogens (tertiary/aromatic N) is 1. The highest BCUT2D eigenvalue weighted by Crippen LogP contribution is 2.62. The number of hydrogen-bond donors (Lipinski definition) is 2. The monoisotopic (exact) mass is 314 g/mol. The summed E-state index contributed by atoms with van der Waals surface area (Å²) in [5, 5.41) is 23.2. The smallest absolute Gasteiger partial charge is 0.309 e. The Kier molecular flexibility index (Phi) is 4.38. The largest absolute Gasteiger partial charge is 0.466 e. The lowest BCUT2D eigenvalue weighted by Gasteiger charge is -2.27. The molecule has 5 atom stereocenters. The molecule has 0 aliphatic heterocycles. The fourth-order valence-electron chi connectivity index (χ4n) is 4.02. The highest BCUT2D eigenvalue weighted by Gasteiger charge is 2.73. The summed E-state index contributed by atoms with van der Waals surface area (Å²) >= 11 is 0. The molecule has 5 heteroatoms. The van der Waals surface area contributed by atoms with E-state index in [9.17, 15) is 15.2 Å². The molecule has 2 aliphatic rings. The summed E-state index contributed by atoms with van der Waals surface area (Å²) in [6.07, 6.45) is 0.573. The zero-order valence-electron chi connectivity index (χ0n) is 13.2. The third-order valence-corrected chi connectivity index (χ3v) is 5.08. The third kappa shape index (κ3) is 2.85. The van der Waals surface area contributed by atoms with Crippen LogP contribution >= 0.6 is 0 Å². The van der Waals surface area contributed by atoms with Crippen LogP contribution in [0.1, 0.15) is 18.9 Å². The normalized spacial score (nSPS) is 34.5. The number of aliphatic hydroxyl groups excluding tert-OH is 1. The summed E-state index contributed by atoms with van der Waals surface area (Å²) in [5.41, 5.74) is 0.372. The van der Waals surface area contributed by atoms with E-state index in [1.165, 1.54) is 5.56 Å². The van der Waals surface area contributed by atoms with Crippen molar-refractivity contribution < 1.29 is 14.6 Å². The molecule has 3 rings (SSSR count). The number of carbonyl (C=O) groups is 1. The highest BCUT2D eigenvalue weighted by molar-refractivity contribution is 5.78. The van der Waals surface area contributed by atoms with Crippen LogP contribution in [0.15, 0.2) is 30.3 Å². The van der Waals surface area contributed by atoms with Gasteiger partial charge < -0.3 is 9.84 Å². The summed E-state index contributed by atoms with van der Waals surface area (Å²) in [6.45, 7) is 2.73. The van der Waals surface area contributed by atoms with Crippen molar-refractivity contribution >= 4 is 5.97 Å². The van der Waals surface area contributed by atoms with Crippen LogP contribution in [0.25, 0.3) is 0 Å². The van der Waals surface area contributed by atoms with Gasteiger partial charge in [-0.3, -0.25) is 10.1 Å². The number of fused-ring (bicyclic) bond motifs is 1. The van der Waals surface area contributed by atoms with Crippen LogP contribution in [-0.2, 0) is 16.0 Å². The Balaban J connectivity index is 1.64. The molecule has 23 heavy (non-hydrogen) atoms. The van der Waals surface area contributed by atoms with Gasteiger partial charge in [-0.15, -0.1) is 0 Å². The first-order valence-corrected chi connectivity index (χ1v) is 8.18. The Labute approximate surface area is 136 Å². The lowest BCUT2D eigenvalue weighted by Crippen LogP contribution is -2.47. The predicted octanol–water partition coefficient (Wildman–Crippen LogP) is 1.27. The molecule has 122 valence electrons. The number of aliphatic hydroxyl groups is 1. The van der Waals surface area contributed by atoms with Gasteiger partial charge in [0.15, 0.2) is 0 Å². The van der Waals surface area contributed by atoms with Gasteiger partial charge in [0, 0.05) is 24.8 Å². The van der Waals surface area contributed by atoms with Crippen molar-refractivity contribution in [3.8, 4) is 6.07 Å². The minimum Gasteiger partial charge on any atom is -0.466 e. The van der Waals surface area contributed by atoms with Crippen molar-refractivity contribution in [3.63, 3.8) is 0 Å². The van der Waals surface area contributed by atoms with Crippen LogP contribution in [0.4, 0.5) is 0 Å². The second-order valence-electron chi connectivity index (χ2n) is 6.40. The van der Waals surface area contributed by atoms with Crippen LogP contribution < -0.4 is 5.32 Å². The van der Waals surface area contributed by atoms with Crippen LogP contribution in [0.3, 0.4) is 0 Å². The molecule has 0 saturated heterocycles. The Hall–Kier alpha value is -1.90. The second-order valence-corrected chi connectivity index (χ2v) is 6.40. The van der Waals surface area contributed by atoms with Crippen LogP contribution in [-0.4, -0.2) is 35.9 Å². The molecule has 0 heterocycles. The number of nitriles is 1. The lowest BCUT2D eigenvalue weighted by atomic mass is 9.90. The van der Waals surface area contributed by atoms with E-state index in [0.717, 1.165) is 6.42 Å². The van der Waals surface area contributed by atoms with Gasteiger partial charge in [0.1, 0.15) is 5.54 Å². The average Bonchev–Trinajstić information content (AvgIpc) is 3.25. The van der Waals surface area contributed by atoms with Crippen molar-refractivity contribution in [1.82, 2.24) is 5.32 Å². The molecule has 0 amide bonds. The lowest BCUT2D eigenvalue weighted by molar-refractivity contribution is -0.146. The molecule has 0 radical (unpaired) electrons. The van der Waals surface area contributed by atoms with E-state index >= 15 is 0 Å². The van der Waals surface area contributed by atoms with Crippen LogP contribution in [0.5, 0.6) is 0 Å². The zero-order valence-corrected chi connectivity index (χ0v) is 13.2. The fraction of sp³-hybridized carbons (Fsp3) is 0.556. The molecule has 5 nitrogen and oxygen atoms in total. The van der Waals surface area contributed by atoms with E-state index < -0.39 is 11.6 Å². The molecular weight excluding hydrogens is 292 g/mol. The Morgan fingerprint density at radius 1 is 1.48 bits per heavy atom. The Morgan fingerprint density at radius 3 is 2.87 bits per heavy atom. The minimum atomic E-state index is -0.823. The minimum absolute atomic E-state index is 0.141. The van der Waals surface area contributed by atoms with Crippen molar-refractivity contribution in [1.29, 1.82) is 5.26 Å². The van der Waals surface area contributed by atoms with Crippen molar-refractivity contribution in [2.45, 2.75) is 31.4 Å². The molecule has 0 aromatic heterocycles. The van der Waals surface area contributed by atoms with Crippen molar-refractivity contribution in [3.05, 3.63) is 35.9 Å². The number of rotatable bonds is 6. The third-order valence-electron chi connectivity index (χ3n) is 5.08. The summed E-state index contributed by atoms with van der Waals surface area (Å²) in [6, 6.07) is 12.4. The number of esters is 1. The molecule has 1 aromatic carbocycles. The SMILES string of the molecule is CCOC(=O)[C@H]1C2C1[C@@](C#N)(NCCc1ccccc1)C[C@@H]2O. The number of nitrogens with one attached hydrogen (secondary N) is 1. The molecule has 1 aromatic rings. The number of hydrogen-bond acceptors (Lipinski definition) is 5. The van der Waals surface area contributed by atoms with Crippen molar-refractivity contribution in [2.24, 2.45) is 17.8 Å². The molecular formula is C18H22N2O3. The fourth-order valence-corrected chi connectivity index (χ4v) is 4.02. The van der Waals surface area contributed by atoms with Gasteiger partial charge in [-0.2, -0.15) is 5.26 Å². The van der Waals surface area contributed by atoms with Crippen LogP contribution in [0.2, 0.25) is 0 Å². The summed E-state index contributed by atoms with van der Waals surface area (Å²) in [7, 11) is 0. The first kappa shape index (κ1) is 16.0. The maximum absolute atomic E-state index is 12.0. The first-order chi connectivity index (χ1) is 11.1. The van der Waals surface area contributed by atoms with Gasteiger partial charge in [0.25, 0.3) is 0 Å². The van der Waals surface area contributed by atoms with Gasteiger partial charge in [-0.1, -0.05) is 30.3 Å². The molecule has 0 bridgehead atoms. The van der Waals surface area contributed by atoms with E-state index in [4.69, 9.17) is 4.74 Å². The van der Waals surface area contributed by atoms with E-state index in [2.05, 4.69) is 11.4 Å². The van der Waals surface area contributed by atoms with E-state index in [0.29, 0.717) is 19.6 Å². The van der Waals surface area contributed by atoms with Gasteiger partial charge in [0.05, 0.1) is 24.7 Å². The average molecular weight is 314 g/mol. The second kappa shape index (κ2) is 6.31. The van der Waals surface area contributed by atoms with E-state index in [1.807, 2.05) is 30.3 Å². The molecule has 2 N–H and O–H groups in total. The molecule has 0 spiro atoms. The molecule has 2 fully saturated rings. The Morgan fingerprint density at radius 2 is 2.22 bits per heavy atom. The predicted molar refractivity (Wildman–Crippen MR) is 84.2 cm³/mol. The van der Waals surface area contributed by atoms with Gasteiger partial charge in [-0.25, -0.2) is 0 Å². The topological polar surface area (TPSA) is 82.4 Å². The standard InChI is InChI=1S/C18H22N2O3/c1-2-23-17(22)15-14-13(21)10-18(11-19,16(14)15)20-9-8-12-6-4-3-5-7-12/h3-7,13-16,20-21H,2,8-10H2,1H3/t13-,14?,15-,16?,18+/m0/s1. The summed E-state index contributed by atoms with van der Waals surface area (Å²) in [4.78, 5) is 12.0. The number of benzene rings is 1. The quantitative estimate of drug-likeness (QED) is 0.773. The van der Waals surface area contributed by atoms with Crippen LogP contribution in [0, 0.1) is 29.1 Å². The molecule has 2 saturated carbocycles. The summed E-state index contributed by atoms with van der Waals surface area (Å²) < 4.78 is 5.07. The van der Waals surface area contributed by atoms with E-state index in [1.54, 1.807) is 6.92 Å². The maximum Gasteiger partial charge on any atom is 0.309 e. The van der Waals surface area contributed by atoms with Gasteiger partial charge in [-0.05, 0) is 18.9 Å². The maximum atomic E-state index is 12.0. The van der Waals surface area contributed by atoms with Gasteiger partial charge in [0.2, 0.25) is 0 Å². The van der Waals surface area contributed by atoms with E-state index in [-0.39, 0.29) is 23.7 Å². The highest BCUT2D eigenvalue weighted by atomic mass is 16.5. The summed E-state index contributed by atoms with van der Waals surface area (Å²) in [5.74, 6) is -0.913. The number of ether oxygens (including phenoxy) is 1. The Bertz CT molecular complexity index is 612. The first-order valence-electron chi connectivity index (χ1n) is 8.18.